The summed E-state index contributed by atoms with van der Waals surface area (Å²) in [6.07, 6.45) is 2.08. The van der Waals surface area contributed by atoms with Crippen LogP contribution >= 0.6 is 24.0 Å². The number of benzene rings is 1. The fourth-order valence-corrected chi connectivity index (χ4v) is 2.08. The van der Waals surface area contributed by atoms with E-state index >= 15 is 0 Å². The number of guanidine groups is 1. The van der Waals surface area contributed by atoms with Gasteiger partial charge in [-0.15, -0.1) is 24.0 Å². The molecule has 122 valence electrons. The molecule has 1 fully saturated rings. The normalized spacial score (nSPS) is 15.5. The Kier molecular flexibility index (Phi) is 8.22. The molecule has 1 aliphatic rings. The molecule has 0 bridgehead atoms. The highest BCUT2D eigenvalue weighted by Gasteiger charge is 2.28. The Hall–Kier alpha value is -1.31. The predicted molar refractivity (Wildman–Crippen MR) is 101 cm³/mol. The van der Waals surface area contributed by atoms with E-state index in [2.05, 4.69) is 40.0 Å². The maximum Gasteiger partial charge on any atom is 0.223 e. The van der Waals surface area contributed by atoms with Gasteiger partial charge in [-0.25, -0.2) is 0 Å². The summed E-state index contributed by atoms with van der Waals surface area (Å²) in [5.74, 6) is 1.19. The highest BCUT2D eigenvalue weighted by molar-refractivity contribution is 14.0. The standard InChI is InChI=1S/C16H24N4O.HI/c1-12(13-6-4-3-5-7-13)20-16(17-2)19-11-10-18-15(21)14-8-9-14;/h3-7,12,14H,8-11H2,1-2H3,(H,18,21)(H2,17,19,20);1H. The van der Waals surface area contributed by atoms with Gasteiger partial charge >= 0.3 is 0 Å². The van der Waals surface area contributed by atoms with Crippen LogP contribution in [0.2, 0.25) is 0 Å². The lowest BCUT2D eigenvalue weighted by Gasteiger charge is -2.18. The number of carbonyl (C=O) groups is 1. The third kappa shape index (κ3) is 6.21. The lowest BCUT2D eigenvalue weighted by Crippen LogP contribution is -2.42. The first-order valence-electron chi connectivity index (χ1n) is 7.50. The summed E-state index contributed by atoms with van der Waals surface area (Å²) in [6.45, 7) is 3.38. The zero-order chi connectivity index (χ0) is 15.1. The van der Waals surface area contributed by atoms with Gasteiger partial charge in [-0.3, -0.25) is 9.79 Å². The maximum absolute atomic E-state index is 11.5. The van der Waals surface area contributed by atoms with E-state index in [9.17, 15) is 4.79 Å². The number of rotatable bonds is 6. The first-order valence-corrected chi connectivity index (χ1v) is 7.50. The van der Waals surface area contributed by atoms with Gasteiger partial charge in [0.2, 0.25) is 5.91 Å². The second-order valence-corrected chi connectivity index (χ2v) is 5.34. The van der Waals surface area contributed by atoms with Crippen molar-refractivity contribution in [2.24, 2.45) is 10.9 Å². The quantitative estimate of drug-likeness (QED) is 0.288. The van der Waals surface area contributed by atoms with Gasteiger partial charge in [0.1, 0.15) is 0 Å². The molecular formula is C16H25IN4O. The molecule has 0 aliphatic heterocycles. The Morgan fingerprint density at radius 1 is 1.23 bits per heavy atom. The molecule has 1 aromatic rings. The van der Waals surface area contributed by atoms with Crippen molar-refractivity contribution in [3.63, 3.8) is 0 Å². The Morgan fingerprint density at radius 3 is 2.45 bits per heavy atom. The molecule has 3 N–H and O–H groups in total. The largest absolute Gasteiger partial charge is 0.355 e. The summed E-state index contributed by atoms with van der Waals surface area (Å²) >= 11 is 0. The molecule has 1 aliphatic carbocycles. The van der Waals surface area contributed by atoms with Gasteiger partial charge in [0.15, 0.2) is 5.96 Å². The summed E-state index contributed by atoms with van der Waals surface area (Å²) in [6, 6.07) is 10.4. The molecule has 0 heterocycles. The van der Waals surface area contributed by atoms with E-state index in [4.69, 9.17) is 0 Å². The molecule has 1 aromatic carbocycles. The Morgan fingerprint density at radius 2 is 1.86 bits per heavy atom. The minimum Gasteiger partial charge on any atom is -0.355 e. The number of amides is 1. The van der Waals surface area contributed by atoms with E-state index in [1.54, 1.807) is 7.05 Å². The van der Waals surface area contributed by atoms with Crippen molar-refractivity contribution in [2.45, 2.75) is 25.8 Å². The zero-order valence-corrected chi connectivity index (χ0v) is 15.5. The van der Waals surface area contributed by atoms with Crippen molar-refractivity contribution in [3.05, 3.63) is 35.9 Å². The van der Waals surface area contributed by atoms with E-state index in [0.29, 0.717) is 13.1 Å². The first kappa shape index (κ1) is 18.7. The van der Waals surface area contributed by atoms with Crippen LogP contribution in [0.4, 0.5) is 0 Å². The first-order chi connectivity index (χ1) is 10.2. The minimum absolute atomic E-state index is 0. The molecular weight excluding hydrogens is 391 g/mol. The molecule has 2 rings (SSSR count). The summed E-state index contributed by atoms with van der Waals surface area (Å²) < 4.78 is 0. The molecule has 22 heavy (non-hydrogen) atoms. The highest BCUT2D eigenvalue weighted by Crippen LogP contribution is 2.28. The number of hydrogen-bond acceptors (Lipinski definition) is 2. The lowest BCUT2D eigenvalue weighted by atomic mass is 10.1. The Bertz CT molecular complexity index is 488. The molecule has 0 aromatic heterocycles. The van der Waals surface area contributed by atoms with Crippen LogP contribution in [0.5, 0.6) is 0 Å². The molecule has 1 atom stereocenters. The van der Waals surface area contributed by atoms with E-state index in [-0.39, 0.29) is 41.8 Å². The Labute approximate surface area is 149 Å². The number of carbonyl (C=O) groups excluding carboxylic acids is 1. The zero-order valence-electron chi connectivity index (χ0n) is 13.1. The summed E-state index contributed by atoms with van der Waals surface area (Å²) in [4.78, 5) is 15.7. The third-order valence-electron chi connectivity index (χ3n) is 3.54. The SMILES string of the molecule is CN=C(NCCNC(=O)C1CC1)NC(C)c1ccccc1.I. The molecule has 1 unspecified atom stereocenters. The third-order valence-corrected chi connectivity index (χ3v) is 3.54. The van der Waals surface area contributed by atoms with E-state index < -0.39 is 0 Å². The van der Waals surface area contributed by atoms with Crippen LogP contribution in [0, 0.1) is 5.92 Å². The maximum atomic E-state index is 11.5. The van der Waals surface area contributed by atoms with Crippen LogP contribution in [0.15, 0.2) is 35.3 Å². The summed E-state index contributed by atoms with van der Waals surface area (Å²) in [5, 5.41) is 9.47. The van der Waals surface area contributed by atoms with Crippen LogP contribution in [0.3, 0.4) is 0 Å². The van der Waals surface area contributed by atoms with Crippen LogP contribution in [-0.4, -0.2) is 32.0 Å². The second-order valence-electron chi connectivity index (χ2n) is 5.34. The molecule has 0 radical (unpaired) electrons. The van der Waals surface area contributed by atoms with Crippen LogP contribution in [0.1, 0.15) is 31.4 Å². The fraction of sp³-hybridized carbons (Fsp3) is 0.500. The van der Waals surface area contributed by atoms with E-state index in [1.807, 2.05) is 18.2 Å². The summed E-state index contributed by atoms with van der Waals surface area (Å²) in [5.41, 5.74) is 1.21. The topological polar surface area (TPSA) is 65.5 Å². The average Bonchev–Trinajstić information content (AvgIpc) is 3.35. The number of nitrogens with one attached hydrogen (secondary N) is 3. The van der Waals surface area contributed by atoms with Crippen LogP contribution in [-0.2, 0) is 4.79 Å². The number of halogens is 1. The monoisotopic (exact) mass is 416 g/mol. The molecule has 1 amide bonds. The van der Waals surface area contributed by atoms with E-state index in [1.165, 1.54) is 5.56 Å². The van der Waals surface area contributed by atoms with Gasteiger partial charge in [-0.2, -0.15) is 0 Å². The number of hydrogen-bond donors (Lipinski definition) is 3. The molecule has 0 saturated heterocycles. The summed E-state index contributed by atoms with van der Waals surface area (Å²) in [7, 11) is 1.75. The van der Waals surface area contributed by atoms with E-state index in [0.717, 1.165) is 18.8 Å². The van der Waals surface area contributed by atoms with Crippen molar-refractivity contribution >= 4 is 35.8 Å². The van der Waals surface area contributed by atoms with Gasteiger partial charge in [0.25, 0.3) is 0 Å². The molecule has 0 spiro atoms. The van der Waals surface area contributed by atoms with Crippen molar-refractivity contribution in [3.8, 4) is 0 Å². The van der Waals surface area contributed by atoms with Gasteiger partial charge in [0, 0.05) is 26.1 Å². The Balaban J connectivity index is 0.00000242. The smallest absolute Gasteiger partial charge is 0.223 e. The van der Waals surface area contributed by atoms with Gasteiger partial charge < -0.3 is 16.0 Å². The molecule has 6 heteroatoms. The van der Waals surface area contributed by atoms with Crippen molar-refractivity contribution in [2.75, 3.05) is 20.1 Å². The minimum atomic E-state index is 0. The average molecular weight is 416 g/mol. The van der Waals surface area contributed by atoms with Gasteiger partial charge in [-0.1, -0.05) is 30.3 Å². The number of aliphatic imine (C=N–C) groups is 1. The lowest BCUT2D eigenvalue weighted by molar-refractivity contribution is -0.122. The fourth-order valence-electron chi connectivity index (χ4n) is 2.08. The van der Waals surface area contributed by atoms with Crippen molar-refractivity contribution in [1.82, 2.24) is 16.0 Å². The molecule has 1 saturated carbocycles. The van der Waals surface area contributed by atoms with Crippen LogP contribution in [0.25, 0.3) is 0 Å². The van der Waals surface area contributed by atoms with Gasteiger partial charge in [-0.05, 0) is 25.3 Å². The van der Waals surface area contributed by atoms with Crippen LogP contribution < -0.4 is 16.0 Å². The van der Waals surface area contributed by atoms with Crippen molar-refractivity contribution < 1.29 is 4.79 Å². The molecule has 5 nitrogen and oxygen atoms in total. The van der Waals surface area contributed by atoms with Crippen molar-refractivity contribution in [1.29, 1.82) is 0 Å². The highest BCUT2D eigenvalue weighted by atomic mass is 127. The number of nitrogens with zero attached hydrogens (tertiary/aromatic N) is 1. The predicted octanol–water partition coefficient (Wildman–Crippen LogP) is 2.06. The second kappa shape index (κ2) is 9.66. The van der Waals surface area contributed by atoms with Gasteiger partial charge in [0.05, 0.1) is 6.04 Å².